The van der Waals surface area contributed by atoms with Gasteiger partial charge >= 0.3 is 0 Å². The second-order valence-electron chi connectivity index (χ2n) is 3.02. The van der Waals surface area contributed by atoms with Crippen LogP contribution in [0.4, 0.5) is 0 Å². The monoisotopic (exact) mass is 162 g/mol. The predicted octanol–water partition coefficient (Wildman–Crippen LogP) is 2.05. The Morgan fingerprint density at radius 2 is 2.42 bits per heavy atom. The van der Waals surface area contributed by atoms with E-state index in [1.807, 2.05) is 25.1 Å². The minimum atomic E-state index is -0.0105. The average molecular weight is 162 g/mol. The van der Waals surface area contributed by atoms with Crippen LogP contribution < -0.4 is 5.73 Å². The fourth-order valence-electron chi connectivity index (χ4n) is 1.08. The first-order valence-electron chi connectivity index (χ1n) is 4.01. The molecule has 2 heteroatoms. The summed E-state index contributed by atoms with van der Waals surface area (Å²) in [6, 6.07) is 5.76. The third-order valence-corrected chi connectivity index (χ3v) is 1.64. The van der Waals surface area contributed by atoms with E-state index in [1.54, 1.807) is 6.20 Å². The number of rotatable bonds is 3. The molecule has 1 aromatic heterocycles. The Labute approximate surface area is 73.1 Å². The maximum atomic E-state index is 5.87. The Bertz CT molecular complexity index is 254. The summed E-state index contributed by atoms with van der Waals surface area (Å²) < 4.78 is 0. The fraction of sp³-hybridized carbons (Fsp3) is 0.300. The molecule has 64 valence electrons. The highest BCUT2D eigenvalue weighted by Gasteiger charge is 2.05. The molecule has 1 atom stereocenters. The van der Waals surface area contributed by atoms with Crippen LogP contribution in [0.25, 0.3) is 0 Å². The molecule has 0 amide bonds. The lowest BCUT2D eigenvalue weighted by Gasteiger charge is -2.09. The van der Waals surface area contributed by atoms with E-state index in [1.165, 1.54) is 0 Å². The van der Waals surface area contributed by atoms with E-state index in [-0.39, 0.29) is 6.04 Å². The lowest BCUT2D eigenvalue weighted by molar-refractivity contribution is 0.692. The molecular weight excluding hydrogens is 148 g/mol. The van der Waals surface area contributed by atoms with Crippen LogP contribution in [0.2, 0.25) is 0 Å². The molecule has 1 aromatic rings. The van der Waals surface area contributed by atoms with Crippen LogP contribution in [0, 0.1) is 0 Å². The fourth-order valence-corrected chi connectivity index (χ4v) is 1.08. The maximum Gasteiger partial charge on any atom is 0.0574 e. The van der Waals surface area contributed by atoms with Gasteiger partial charge in [-0.2, -0.15) is 0 Å². The summed E-state index contributed by atoms with van der Waals surface area (Å²) in [5.74, 6) is 0. The number of hydrogen-bond acceptors (Lipinski definition) is 2. The Morgan fingerprint density at radius 3 is 2.92 bits per heavy atom. The number of nitrogens with zero attached hydrogens (tertiary/aromatic N) is 1. The van der Waals surface area contributed by atoms with Gasteiger partial charge in [-0.05, 0) is 25.5 Å². The van der Waals surface area contributed by atoms with E-state index in [4.69, 9.17) is 5.73 Å². The zero-order valence-electron chi connectivity index (χ0n) is 7.33. The van der Waals surface area contributed by atoms with E-state index in [0.29, 0.717) is 0 Å². The first-order valence-corrected chi connectivity index (χ1v) is 4.01. The van der Waals surface area contributed by atoms with Crippen molar-refractivity contribution < 1.29 is 0 Å². The zero-order valence-corrected chi connectivity index (χ0v) is 7.33. The molecule has 0 fully saturated rings. The third kappa shape index (κ3) is 2.47. The molecule has 2 nitrogen and oxygen atoms in total. The van der Waals surface area contributed by atoms with Gasteiger partial charge in [0.15, 0.2) is 0 Å². The van der Waals surface area contributed by atoms with Crippen molar-refractivity contribution in [1.29, 1.82) is 0 Å². The molecular formula is C10H14N2. The lowest BCUT2D eigenvalue weighted by Crippen LogP contribution is -2.11. The molecule has 1 heterocycles. The van der Waals surface area contributed by atoms with Gasteiger partial charge in [-0.15, -0.1) is 6.58 Å². The Balaban J connectivity index is 2.65. The van der Waals surface area contributed by atoms with Crippen molar-refractivity contribution in [2.75, 3.05) is 0 Å². The van der Waals surface area contributed by atoms with Crippen LogP contribution in [0.5, 0.6) is 0 Å². The maximum absolute atomic E-state index is 5.87. The second-order valence-corrected chi connectivity index (χ2v) is 3.02. The molecule has 0 saturated heterocycles. The molecule has 1 rings (SSSR count). The third-order valence-electron chi connectivity index (χ3n) is 1.64. The predicted molar refractivity (Wildman–Crippen MR) is 50.6 cm³/mol. The first kappa shape index (κ1) is 8.94. The number of hydrogen-bond donors (Lipinski definition) is 1. The van der Waals surface area contributed by atoms with Gasteiger partial charge in [-0.1, -0.05) is 11.6 Å². The van der Waals surface area contributed by atoms with E-state index >= 15 is 0 Å². The van der Waals surface area contributed by atoms with E-state index < -0.39 is 0 Å². The van der Waals surface area contributed by atoms with Crippen LogP contribution in [-0.4, -0.2) is 4.98 Å². The van der Waals surface area contributed by atoms with Crippen LogP contribution in [0.1, 0.15) is 25.1 Å². The topological polar surface area (TPSA) is 38.9 Å². The molecule has 0 aliphatic carbocycles. The molecule has 0 spiro atoms. The smallest absolute Gasteiger partial charge is 0.0574 e. The van der Waals surface area contributed by atoms with Gasteiger partial charge in [0.1, 0.15) is 0 Å². The second kappa shape index (κ2) is 4.02. The summed E-state index contributed by atoms with van der Waals surface area (Å²) in [5, 5.41) is 0. The summed E-state index contributed by atoms with van der Waals surface area (Å²) in [6.07, 6.45) is 2.56. The lowest BCUT2D eigenvalue weighted by atomic mass is 10.1. The van der Waals surface area contributed by atoms with Crippen molar-refractivity contribution in [2.24, 2.45) is 5.73 Å². The van der Waals surface area contributed by atoms with Gasteiger partial charge < -0.3 is 5.73 Å². The van der Waals surface area contributed by atoms with Crippen molar-refractivity contribution in [3.8, 4) is 0 Å². The number of pyridine rings is 1. The van der Waals surface area contributed by atoms with Crippen LogP contribution in [-0.2, 0) is 0 Å². The minimum absolute atomic E-state index is 0.0105. The quantitative estimate of drug-likeness (QED) is 0.691. The van der Waals surface area contributed by atoms with Gasteiger partial charge in [0.25, 0.3) is 0 Å². The average Bonchev–Trinajstić information content (AvgIpc) is 2.05. The largest absolute Gasteiger partial charge is 0.322 e. The normalized spacial score (nSPS) is 12.5. The van der Waals surface area contributed by atoms with Crippen molar-refractivity contribution in [3.63, 3.8) is 0 Å². The van der Waals surface area contributed by atoms with Crippen molar-refractivity contribution >= 4 is 0 Å². The minimum Gasteiger partial charge on any atom is -0.322 e. The summed E-state index contributed by atoms with van der Waals surface area (Å²) in [7, 11) is 0. The molecule has 0 radical (unpaired) electrons. The summed E-state index contributed by atoms with van der Waals surface area (Å²) in [6.45, 7) is 5.79. The SMILES string of the molecule is C=C(C)C[C@@H](N)c1ccccn1. The molecule has 0 aromatic carbocycles. The number of aromatic nitrogens is 1. The standard InChI is InChI=1S/C10H14N2/c1-8(2)7-9(11)10-5-3-4-6-12-10/h3-6,9H,1,7,11H2,2H3/t9-/m1/s1. The highest BCUT2D eigenvalue weighted by atomic mass is 14.8. The molecule has 2 N–H and O–H groups in total. The van der Waals surface area contributed by atoms with Gasteiger partial charge in [0.2, 0.25) is 0 Å². The molecule has 0 saturated carbocycles. The van der Waals surface area contributed by atoms with Gasteiger partial charge in [0.05, 0.1) is 11.7 Å². The Hall–Kier alpha value is -1.15. The molecule has 0 aliphatic rings. The van der Waals surface area contributed by atoms with Gasteiger partial charge in [0, 0.05) is 6.20 Å². The summed E-state index contributed by atoms with van der Waals surface area (Å²) in [5.41, 5.74) is 7.89. The molecule has 0 unspecified atom stereocenters. The van der Waals surface area contributed by atoms with Crippen LogP contribution in [0.3, 0.4) is 0 Å². The van der Waals surface area contributed by atoms with Crippen molar-refractivity contribution in [3.05, 3.63) is 42.2 Å². The Kier molecular flexibility index (Phi) is 3.00. The highest BCUT2D eigenvalue weighted by Crippen LogP contribution is 2.14. The van der Waals surface area contributed by atoms with E-state index in [0.717, 1.165) is 17.7 Å². The van der Waals surface area contributed by atoms with Crippen molar-refractivity contribution in [1.82, 2.24) is 4.98 Å². The zero-order chi connectivity index (χ0) is 8.97. The highest BCUT2D eigenvalue weighted by molar-refractivity contribution is 5.10. The molecule has 0 bridgehead atoms. The Morgan fingerprint density at radius 1 is 1.67 bits per heavy atom. The summed E-state index contributed by atoms with van der Waals surface area (Å²) >= 11 is 0. The first-order chi connectivity index (χ1) is 5.70. The van der Waals surface area contributed by atoms with Crippen LogP contribution in [0.15, 0.2) is 36.5 Å². The van der Waals surface area contributed by atoms with E-state index in [9.17, 15) is 0 Å². The van der Waals surface area contributed by atoms with E-state index in [2.05, 4.69) is 11.6 Å². The van der Waals surface area contributed by atoms with Gasteiger partial charge in [-0.25, -0.2) is 0 Å². The number of nitrogens with two attached hydrogens (primary N) is 1. The van der Waals surface area contributed by atoms with Crippen LogP contribution >= 0.6 is 0 Å². The molecule has 12 heavy (non-hydrogen) atoms. The van der Waals surface area contributed by atoms with Gasteiger partial charge in [-0.3, -0.25) is 4.98 Å². The molecule has 0 aliphatic heterocycles. The summed E-state index contributed by atoms with van der Waals surface area (Å²) in [4.78, 5) is 4.17. The van der Waals surface area contributed by atoms with Crippen molar-refractivity contribution in [2.45, 2.75) is 19.4 Å².